The zero-order valence-corrected chi connectivity index (χ0v) is 18.3. The zero-order chi connectivity index (χ0) is 19.0. The van der Waals surface area contributed by atoms with Gasteiger partial charge < -0.3 is 9.80 Å². The van der Waals surface area contributed by atoms with Gasteiger partial charge in [-0.3, -0.25) is 9.80 Å². The van der Waals surface area contributed by atoms with E-state index in [2.05, 4.69) is 98.7 Å². The molecule has 2 aliphatic rings. The molecule has 6 heteroatoms. The van der Waals surface area contributed by atoms with Gasteiger partial charge in [0, 0.05) is 47.5 Å². The summed E-state index contributed by atoms with van der Waals surface area (Å²) in [4.78, 5) is 12.0. The highest BCUT2D eigenvalue weighted by Gasteiger charge is 2.27. The maximum atomic E-state index is 4.48. The Balaban J connectivity index is 1.62. The van der Waals surface area contributed by atoms with Gasteiger partial charge in [-0.15, -0.1) is 0 Å². The van der Waals surface area contributed by atoms with Crippen molar-refractivity contribution in [2.75, 3.05) is 51.8 Å². The monoisotopic (exact) mass is 444 g/mol. The van der Waals surface area contributed by atoms with Gasteiger partial charge in [-0.25, -0.2) is 0 Å². The molecule has 4 rings (SSSR count). The van der Waals surface area contributed by atoms with Crippen molar-refractivity contribution in [2.45, 2.75) is 9.79 Å². The van der Waals surface area contributed by atoms with Gasteiger partial charge in [-0.05, 0) is 37.4 Å². The lowest BCUT2D eigenvalue weighted by atomic mass is 10.2. The van der Waals surface area contributed by atoms with Crippen LogP contribution in [-0.2, 0) is 0 Å². The number of likely N-dealkylation sites (N-methyl/N-ethyl adjacent to an activating group) is 1. The van der Waals surface area contributed by atoms with Crippen molar-refractivity contribution in [3.63, 3.8) is 0 Å². The standard InChI is InChI=1S/C21H25BrN4S/c1-16(24(3)15-25-12-10-23(2)11-13-25)26-18-6-4-5-7-20(18)27-21-9-8-17(22)14-19(21)26/h4-9,14H,1,10-13,15H2,2-3H3. The molecule has 2 aromatic rings. The van der Waals surface area contributed by atoms with Crippen molar-refractivity contribution in [1.82, 2.24) is 14.7 Å². The average molecular weight is 445 g/mol. The molecule has 1 fully saturated rings. The van der Waals surface area contributed by atoms with Gasteiger partial charge in [0.1, 0.15) is 5.82 Å². The lowest BCUT2D eigenvalue weighted by Gasteiger charge is -2.40. The fourth-order valence-corrected chi connectivity index (χ4v) is 4.94. The minimum Gasteiger partial charge on any atom is -0.348 e. The van der Waals surface area contributed by atoms with Crippen molar-refractivity contribution in [3.05, 3.63) is 59.3 Å². The number of hydrogen-bond donors (Lipinski definition) is 0. The number of benzene rings is 2. The van der Waals surface area contributed by atoms with Crippen molar-refractivity contribution < 1.29 is 0 Å². The molecule has 27 heavy (non-hydrogen) atoms. The number of anilines is 2. The summed E-state index contributed by atoms with van der Waals surface area (Å²) >= 11 is 5.46. The molecule has 0 aliphatic carbocycles. The van der Waals surface area contributed by atoms with Crippen LogP contribution < -0.4 is 4.90 Å². The number of halogens is 1. The van der Waals surface area contributed by atoms with E-state index in [0.29, 0.717) is 0 Å². The molecule has 2 aromatic carbocycles. The highest BCUT2D eigenvalue weighted by molar-refractivity contribution is 9.10. The summed E-state index contributed by atoms with van der Waals surface area (Å²) in [6.45, 7) is 9.82. The van der Waals surface area contributed by atoms with E-state index in [9.17, 15) is 0 Å². The predicted octanol–water partition coefficient (Wildman–Crippen LogP) is 4.66. The second kappa shape index (κ2) is 7.87. The fraction of sp³-hybridized carbons (Fsp3) is 0.333. The maximum absolute atomic E-state index is 4.48. The molecule has 2 heterocycles. The third kappa shape index (κ3) is 3.90. The van der Waals surface area contributed by atoms with Crippen LogP contribution in [-0.4, -0.2) is 61.6 Å². The molecule has 0 amide bonds. The van der Waals surface area contributed by atoms with Gasteiger partial charge in [0.05, 0.1) is 18.0 Å². The predicted molar refractivity (Wildman–Crippen MR) is 118 cm³/mol. The van der Waals surface area contributed by atoms with E-state index in [1.807, 2.05) is 11.8 Å². The number of para-hydroxylation sites is 1. The molecule has 0 radical (unpaired) electrons. The molecule has 2 aliphatic heterocycles. The first-order chi connectivity index (χ1) is 13.0. The first-order valence-electron chi connectivity index (χ1n) is 9.20. The molecule has 0 spiro atoms. The Kier molecular flexibility index (Phi) is 5.50. The SMILES string of the molecule is C=C(N(C)CN1CCN(C)CC1)N1c2ccccc2Sc2ccc(Br)cc21. The molecule has 0 aromatic heterocycles. The molecule has 0 bridgehead atoms. The highest BCUT2D eigenvalue weighted by Crippen LogP contribution is 2.50. The third-order valence-corrected chi connectivity index (χ3v) is 6.82. The van der Waals surface area contributed by atoms with Crippen LogP contribution in [0.15, 0.2) is 69.1 Å². The van der Waals surface area contributed by atoms with E-state index in [-0.39, 0.29) is 0 Å². The van der Waals surface area contributed by atoms with Crippen LogP contribution in [0, 0.1) is 0 Å². The van der Waals surface area contributed by atoms with E-state index in [4.69, 9.17) is 0 Å². The second-order valence-corrected chi connectivity index (χ2v) is 9.19. The van der Waals surface area contributed by atoms with Gasteiger partial charge in [0.2, 0.25) is 0 Å². The van der Waals surface area contributed by atoms with Gasteiger partial charge in [-0.1, -0.05) is 46.4 Å². The molecule has 142 valence electrons. The second-order valence-electron chi connectivity index (χ2n) is 7.19. The Hall–Kier alpha value is -1.47. The summed E-state index contributed by atoms with van der Waals surface area (Å²) in [7, 11) is 4.33. The molecular weight excluding hydrogens is 420 g/mol. The van der Waals surface area contributed by atoms with Crippen molar-refractivity contribution in [1.29, 1.82) is 0 Å². The number of fused-ring (bicyclic) bond motifs is 2. The quantitative estimate of drug-likeness (QED) is 0.677. The minimum absolute atomic E-state index is 0.891. The molecule has 1 saturated heterocycles. The van der Waals surface area contributed by atoms with Crippen molar-refractivity contribution in [2.24, 2.45) is 0 Å². The van der Waals surface area contributed by atoms with E-state index in [1.165, 1.54) is 21.2 Å². The zero-order valence-electron chi connectivity index (χ0n) is 15.9. The van der Waals surface area contributed by atoms with E-state index >= 15 is 0 Å². The summed E-state index contributed by atoms with van der Waals surface area (Å²) in [5.41, 5.74) is 2.38. The summed E-state index contributed by atoms with van der Waals surface area (Å²) in [5.74, 6) is 1.00. The van der Waals surface area contributed by atoms with Gasteiger partial charge in [-0.2, -0.15) is 0 Å². The molecule has 0 atom stereocenters. The maximum Gasteiger partial charge on any atom is 0.107 e. The van der Waals surface area contributed by atoms with Crippen LogP contribution in [0.1, 0.15) is 0 Å². The number of piperazine rings is 1. The Morgan fingerprint density at radius 1 is 1.07 bits per heavy atom. The third-order valence-electron chi connectivity index (χ3n) is 5.19. The molecule has 0 N–H and O–H groups in total. The van der Waals surface area contributed by atoms with E-state index in [0.717, 1.165) is 43.1 Å². The first-order valence-corrected chi connectivity index (χ1v) is 10.8. The van der Waals surface area contributed by atoms with Crippen molar-refractivity contribution >= 4 is 39.1 Å². The van der Waals surface area contributed by atoms with Crippen LogP contribution in [0.4, 0.5) is 11.4 Å². The summed E-state index contributed by atoms with van der Waals surface area (Å²) < 4.78 is 1.08. The molecule has 4 nitrogen and oxygen atoms in total. The summed E-state index contributed by atoms with van der Waals surface area (Å²) in [5, 5.41) is 0. The van der Waals surface area contributed by atoms with Crippen LogP contribution in [0.3, 0.4) is 0 Å². The Morgan fingerprint density at radius 2 is 1.78 bits per heavy atom. The average Bonchev–Trinajstić information content (AvgIpc) is 2.67. The smallest absolute Gasteiger partial charge is 0.107 e. The fourth-order valence-electron chi connectivity index (χ4n) is 3.55. The van der Waals surface area contributed by atoms with E-state index < -0.39 is 0 Å². The number of hydrogen-bond acceptors (Lipinski definition) is 5. The highest BCUT2D eigenvalue weighted by atomic mass is 79.9. The minimum atomic E-state index is 0.891. The van der Waals surface area contributed by atoms with Crippen LogP contribution in [0.25, 0.3) is 0 Å². The topological polar surface area (TPSA) is 13.0 Å². The van der Waals surface area contributed by atoms with Crippen LogP contribution >= 0.6 is 27.7 Å². The van der Waals surface area contributed by atoms with Gasteiger partial charge >= 0.3 is 0 Å². The van der Waals surface area contributed by atoms with Crippen molar-refractivity contribution in [3.8, 4) is 0 Å². The van der Waals surface area contributed by atoms with Crippen LogP contribution in [0.2, 0.25) is 0 Å². The lowest BCUT2D eigenvalue weighted by molar-refractivity contribution is 0.110. The largest absolute Gasteiger partial charge is 0.348 e. The Bertz CT molecular complexity index is 848. The molecular formula is C21H25BrN4S. The van der Waals surface area contributed by atoms with Gasteiger partial charge in [0.15, 0.2) is 0 Å². The first kappa shape index (κ1) is 18.9. The number of nitrogens with zero attached hydrogens (tertiary/aromatic N) is 4. The summed E-state index contributed by atoms with van der Waals surface area (Å²) in [6, 6.07) is 15.0. The lowest BCUT2D eigenvalue weighted by Crippen LogP contribution is -2.48. The van der Waals surface area contributed by atoms with Gasteiger partial charge in [0.25, 0.3) is 0 Å². The molecule has 0 saturated carbocycles. The molecule has 0 unspecified atom stereocenters. The van der Waals surface area contributed by atoms with E-state index in [1.54, 1.807) is 0 Å². The number of rotatable bonds is 4. The normalized spacial score (nSPS) is 17.4. The Labute approximate surface area is 174 Å². The van der Waals surface area contributed by atoms with Crippen LogP contribution in [0.5, 0.6) is 0 Å². The summed E-state index contributed by atoms with van der Waals surface area (Å²) in [6.07, 6.45) is 0. The Morgan fingerprint density at radius 3 is 2.56 bits per heavy atom.